The summed E-state index contributed by atoms with van der Waals surface area (Å²) >= 11 is 0. The Morgan fingerprint density at radius 3 is 2.75 bits per heavy atom. The first-order valence-corrected chi connectivity index (χ1v) is 2.94. The first kappa shape index (κ1) is 5.65. The third kappa shape index (κ3) is 1.24. The second kappa shape index (κ2) is 2.74. The zero-order chi connectivity index (χ0) is 5.82. The van der Waals surface area contributed by atoms with Crippen LogP contribution in [0.3, 0.4) is 0 Å². The molecule has 0 saturated carbocycles. The summed E-state index contributed by atoms with van der Waals surface area (Å²) in [6.45, 7) is 1.86. The van der Waals surface area contributed by atoms with Gasteiger partial charge in [-0.1, -0.05) is 0 Å². The average molecular weight is 110 g/mol. The number of rotatable bonds is 2. The van der Waals surface area contributed by atoms with Gasteiger partial charge in [-0.05, 0) is 6.42 Å². The van der Waals surface area contributed by atoms with Crippen LogP contribution in [0.5, 0.6) is 0 Å². The van der Waals surface area contributed by atoms with Gasteiger partial charge in [-0.15, -0.1) is 12.3 Å². The van der Waals surface area contributed by atoms with E-state index in [-0.39, 0.29) is 0 Å². The van der Waals surface area contributed by atoms with E-state index in [9.17, 15) is 0 Å². The Labute approximate surface area is 50.0 Å². The Morgan fingerprint density at radius 1 is 1.62 bits per heavy atom. The van der Waals surface area contributed by atoms with E-state index in [1.165, 1.54) is 0 Å². The normalized spacial score (nSPS) is 19.4. The second-order valence-corrected chi connectivity index (χ2v) is 2.15. The maximum atomic E-state index is 5.06. The van der Waals surface area contributed by atoms with Crippen molar-refractivity contribution >= 4 is 0 Å². The maximum absolute atomic E-state index is 5.06. The number of ether oxygens (including phenoxy) is 1. The van der Waals surface area contributed by atoms with Gasteiger partial charge in [-0.2, -0.15) is 0 Å². The first-order valence-electron chi connectivity index (χ1n) is 2.94. The lowest BCUT2D eigenvalue weighted by Crippen LogP contribution is -2.26. The van der Waals surface area contributed by atoms with Crippen molar-refractivity contribution in [2.24, 2.45) is 5.92 Å². The molecule has 0 unspecified atom stereocenters. The van der Waals surface area contributed by atoms with Gasteiger partial charge in [-0.25, -0.2) is 0 Å². The Kier molecular flexibility index (Phi) is 1.93. The molecule has 0 N–H and O–H groups in total. The smallest absolute Gasteiger partial charge is 0.0516 e. The molecule has 1 saturated heterocycles. The quantitative estimate of drug-likeness (QED) is 0.483. The summed E-state index contributed by atoms with van der Waals surface area (Å²) in [5.74, 6) is 3.38. The Hall–Kier alpha value is -0.480. The molecular formula is C7H10O. The molecule has 0 aromatic carbocycles. The van der Waals surface area contributed by atoms with Crippen LogP contribution in [0.25, 0.3) is 0 Å². The van der Waals surface area contributed by atoms with Gasteiger partial charge in [0.2, 0.25) is 0 Å². The van der Waals surface area contributed by atoms with E-state index < -0.39 is 0 Å². The highest BCUT2D eigenvalue weighted by Crippen LogP contribution is 2.15. The Balaban J connectivity index is 1.95. The molecule has 0 radical (unpaired) electrons. The van der Waals surface area contributed by atoms with Crippen LogP contribution in [0.1, 0.15) is 12.8 Å². The molecule has 0 atom stereocenters. The van der Waals surface area contributed by atoms with E-state index in [0.29, 0.717) is 0 Å². The van der Waals surface area contributed by atoms with Crippen LogP contribution in [-0.4, -0.2) is 13.2 Å². The van der Waals surface area contributed by atoms with Crippen molar-refractivity contribution in [2.75, 3.05) is 13.2 Å². The molecule has 1 aliphatic rings. The number of terminal acetylenes is 1. The SMILES string of the molecule is C#CCCC1COC1. The van der Waals surface area contributed by atoms with E-state index in [1.54, 1.807) is 0 Å². The van der Waals surface area contributed by atoms with Gasteiger partial charge in [0.25, 0.3) is 0 Å². The number of hydrogen-bond donors (Lipinski definition) is 0. The summed E-state index contributed by atoms with van der Waals surface area (Å²) in [7, 11) is 0. The summed E-state index contributed by atoms with van der Waals surface area (Å²) in [5, 5.41) is 0. The average Bonchev–Trinajstić information content (AvgIpc) is 1.63. The van der Waals surface area contributed by atoms with Gasteiger partial charge in [0.15, 0.2) is 0 Å². The summed E-state index contributed by atoms with van der Waals surface area (Å²) in [5.41, 5.74) is 0. The molecule has 0 aliphatic carbocycles. The largest absolute Gasteiger partial charge is 0.381 e. The van der Waals surface area contributed by atoms with Gasteiger partial charge in [0.1, 0.15) is 0 Å². The second-order valence-electron chi connectivity index (χ2n) is 2.15. The molecular weight excluding hydrogens is 100 g/mol. The minimum Gasteiger partial charge on any atom is -0.381 e. The van der Waals surface area contributed by atoms with E-state index in [4.69, 9.17) is 11.2 Å². The van der Waals surface area contributed by atoms with Crippen LogP contribution in [0.4, 0.5) is 0 Å². The Morgan fingerprint density at radius 2 is 2.38 bits per heavy atom. The van der Waals surface area contributed by atoms with Crippen LogP contribution < -0.4 is 0 Å². The minimum atomic E-state index is 0.769. The predicted octanol–water partition coefficient (Wildman–Crippen LogP) is 1.05. The lowest BCUT2D eigenvalue weighted by Gasteiger charge is -2.24. The lowest BCUT2D eigenvalue weighted by atomic mass is 10.0. The van der Waals surface area contributed by atoms with Crippen LogP contribution >= 0.6 is 0 Å². The topological polar surface area (TPSA) is 9.23 Å². The highest BCUT2D eigenvalue weighted by atomic mass is 16.5. The van der Waals surface area contributed by atoms with Gasteiger partial charge < -0.3 is 4.74 Å². The fraction of sp³-hybridized carbons (Fsp3) is 0.714. The summed E-state index contributed by atoms with van der Waals surface area (Å²) in [6.07, 6.45) is 7.12. The number of hydrogen-bond acceptors (Lipinski definition) is 1. The molecule has 1 rings (SSSR count). The van der Waals surface area contributed by atoms with Crippen molar-refractivity contribution in [3.05, 3.63) is 0 Å². The van der Waals surface area contributed by atoms with Crippen LogP contribution in [0, 0.1) is 18.3 Å². The molecule has 1 fully saturated rings. The zero-order valence-electron chi connectivity index (χ0n) is 4.89. The van der Waals surface area contributed by atoms with E-state index in [2.05, 4.69) is 5.92 Å². The molecule has 44 valence electrons. The maximum Gasteiger partial charge on any atom is 0.0516 e. The van der Waals surface area contributed by atoms with Gasteiger partial charge in [0, 0.05) is 12.3 Å². The van der Waals surface area contributed by atoms with Crippen molar-refractivity contribution < 1.29 is 4.74 Å². The highest BCUT2D eigenvalue weighted by Gasteiger charge is 2.16. The monoisotopic (exact) mass is 110 g/mol. The lowest BCUT2D eigenvalue weighted by molar-refractivity contribution is -0.0347. The van der Waals surface area contributed by atoms with Gasteiger partial charge >= 0.3 is 0 Å². The molecule has 0 aromatic rings. The molecule has 1 heteroatoms. The molecule has 0 spiro atoms. The fourth-order valence-electron chi connectivity index (χ4n) is 0.739. The standard InChI is InChI=1S/C7H10O/c1-2-3-4-7-5-8-6-7/h1,7H,3-6H2. The van der Waals surface area contributed by atoms with Crippen molar-refractivity contribution in [3.8, 4) is 12.3 Å². The molecule has 1 aliphatic heterocycles. The van der Waals surface area contributed by atoms with E-state index >= 15 is 0 Å². The van der Waals surface area contributed by atoms with E-state index in [1.807, 2.05) is 0 Å². The highest BCUT2D eigenvalue weighted by molar-refractivity contribution is 4.85. The van der Waals surface area contributed by atoms with Crippen molar-refractivity contribution in [2.45, 2.75) is 12.8 Å². The molecule has 8 heavy (non-hydrogen) atoms. The summed E-state index contributed by atoms with van der Waals surface area (Å²) in [6, 6.07) is 0. The minimum absolute atomic E-state index is 0.769. The van der Waals surface area contributed by atoms with Crippen molar-refractivity contribution in [1.82, 2.24) is 0 Å². The van der Waals surface area contributed by atoms with E-state index in [0.717, 1.165) is 32.0 Å². The fourth-order valence-corrected chi connectivity index (χ4v) is 0.739. The molecule has 1 nitrogen and oxygen atoms in total. The van der Waals surface area contributed by atoms with Crippen LogP contribution in [0.2, 0.25) is 0 Å². The molecule has 0 amide bonds. The van der Waals surface area contributed by atoms with Crippen molar-refractivity contribution in [3.63, 3.8) is 0 Å². The Bertz CT molecular complexity index is 97.4. The predicted molar refractivity (Wildman–Crippen MR) is 32.4 cm³/mol. The third-order valence-electron chi connectivity index (χ3n) is 1.40. The first-order chi connectivity index (χ1) is 3.93. The molecule has 1 heterocycles. The summed E-state index contributed by atoms with van der Waals surface area (Å²) in [4.78, 5) is 0. The van der Waals surface area contributed by atoms with Gasteiger partial charge in [-0.3, -0.25) is 0 Å². The third-order valence-corrected chi connectivity index (χ3v) is 1.40. The molecule has 0 bridgehead atoms. The van der Waals surface area contributed by atoms with Crippen LogP contribution in [-0.2, 0) is 4.74 Å². The molecule has 0 aromatic heterocycles. The summed E-state index contributed by atoms with van der Waals surface area (Å²) < 4.78 is 4.96. The van der Waals surface area contributed by atoms with Crippen molar-refractivity contribution in [1.29, 1.82) is 0 Å². The van der Waals surface area contributed by atoms with Gasteiger partial charge in [0.05, 0.1) is 13.2 Å². The zero-order valence-corrected chi connectivity index (χ0v) is 4.89. The van der Waals surface area contributed by atoms with Crippen LogP contribution in [0.15, 0.2) is 0 Å².